The molecule has 2 aromatic rings. The van der Waals surface area contributed by atoms with Gasteiger partial charge in [-0.25, -0.2) is 9.97 Å². The SMILES string of the molecule is CCN(c1cccc(C)c1)c1ncnc(NCCCN2CCOCC2)c1[N+](=O)[O-]. The summed E-state index contributed by atoms with van der Waals surface area (Å²) in [5, 5.41) is 15.0. The first-order chi connectivity index (χ1) is 14.1. The number of nitrogens with zero attached hydrogens (tertiary/aromatic N) is 5. The van der Waals surface area contributed by atoms with Gasteiger partial charge < -0.3 is 15.0 Å². The molecule has 0 atom stereocenters. The van der Waals surface area contributed by atoms with E-state index >= 15 is 0 Å². The third-order valence-electron chi connectivity index (χ3n) is 4.92. The standard InChI is InChI=1S/C20H28N6O3/c1-3-25(17-7-4-6-16(2)14-17)20-18(26(27)28)19(22-15-23-20)21-8-5-9-24-10-12-29-13-11-24/h4,6-7,14-15H,3,5,8-13H2,1-2H3,(H,21,22,23). The number of hydrogen-bond donors (Lipinski definition) is 1. The predicted octanol–water partition coefficient (Wildman–Crippen LogP) is 2.99. The van der Waals surface area contributed by atoms with Crippen LogP contribution < -0.4 is 10.2 Å². The number of aromatic nitrogens is 2. The lowest BCUT2D eigenvalue weighted by molar-refractivity contribution is -0.383. The van der Waals surface area contributed by atoms with E-state index in [0.29, 0.717) is 18.9 Å². The third-order valence-corrected chi connectivity index (χ3v) is 4.92. The van der Waals surface area contributed by atoms with Crippen LogP contribution in [0.15, 0.2) is 30.6 Å². The Morgan fingerprint density at radius 2 is 2.10 bits per heavy atom. The molecule has 1 aromatic carbocycles. The van der Waals surface area contributed by atoms with Gasteiger partial charge in [0.05, 0.1) is 18.1 Å². The van der Waals surface area contributed by atoms with Crippen LogP contribution in [0.1, 0.15) is 18.9 Å². The molecule has 1 N–H and O–H groups in total. The van der Waals surface area contributed by atoms with Crippen molar-refractivity contribution in [2.75, 3.05) is 56.2 Å². The topological polar surface area (TPSA) is 96.7 Å². The van der Waals surface area contributed by atoms with E-state index in [9.17, 15) is 10.1 Å². The van der Waals surface area contributed by atoms with E-state index in [0.717, 1.165) is 50.5 Å². The van der Waals surface area contributed by atoms with Crippen molar-refractivity contribution in [2.45, 2.75) is 20.3 Å². The van der Waals surface area contributed by atoms with Crippen molar-refractivity contribution in [3.8, 4) is 0 Å². The molecule has 29 heavy (non-hydrogen) atoms. The molecule has 3 rings (SSSR count). The quantitative estimate of drug-likeness (QED) is 0.390. The van der Waals surface area contributed by atoms with Crippen LogP contribution in [-0.4, -0.2) is 65.7 Å². The van der Waals surface area contributed by atoms with Crippen molar-refractivity contribution in [3.05, 3.63) is 46.3 Å². The zero-order valence-corrected chi connectivity index (χ0v) is 17.0. The summed E-state index contributed by atoms with van der Waals surface area (Å²) < 4.78 is 5.35. The van der Waals surface area contributed by atoms with Gasteiger partial charge in [0.15, 0.2) is 0 Å². The van der Waals surface area contributed by atoms with E-state index in [4.69, 9.17) is 4.74 Å². The van der Waals surface area contributed by atoms with E-state index in [1.807, 2.05) is 43.0 Å². The Labute approximate surface area is 170 Å². The van der Waals surface area contributed by atoms with Crippen LogP contribution in [0.2, 0.25) is 0 Å². The highest BCUT2D eigenvalue weighted by Gasteiger charge is 2.27. The average Bonchev–Trinajstić information content (AvgIpc) is 2.72. The number of ether oxygens (including phenoxy) is 1. The van der Waals surface area contributed by atoms with Crippen molar-refractivity contribution in [1.29, 1.82) is 0 Å². The highest BCUT2D eigenvalue weighted by Crippen LogP contribution is 2.35. The number of hydrogen-bond acceptors (Lipinski definition) is 8. The number of aryl methyl sites for hydroxylation is 1. The van der Waals surface area contributed by atoms with Crippen LogP contribution in [-0.2, 0) is 4.74 Å². The van der Waals surface area contributed by atoms with Gasteiger partial charge in [-0.2, -0.15) is 0 Å². The molecule has 9 heteroatoms. The highest BCUT2D eigenvalue weighted by molar-refractivity contribution is 5.75. The minimum atomic E-state index is -0.405. The zero-order valence-electron chi connectivity index (χ0n) is 17.0. The van der Waals surface area contributed by atoms with E-state index in [1.54, 1.807) is 0 Å². The second-order valence-electron chi connectivity index (χ2n) is 6.97. The first-order valence-electron chi connectivity index (χ1n) is 9.97. The summed E-state index contributed by atoms with van der Waals surface area (Å²) in [4.78, 5) is 24.0. The maximum atomic E-state index is 11.9. The molecule has 0 bridgehead atoms. The Morgan fingerprint density at radius 3 is 2.79 bits per heavy atom. The summed E-state index contributed by atoms with van der Waals surface area (Å²) in [6.07, 6.45) is 2.25. The van der Waals surface area contributed by atoms with Crippen LogP contribution in [0.5, 0.6) is 0 Å². The Hall–Kier alpha value is -2.78. The number of nitrogens with one attached hydrogen (secondary N) is 1. The number of anilines is 3. The molecule has 0 unspecified atom stereocenters. The first-order valence-corrected chi connectivity index (χ1v) is 9.97. The van der Waals surface area contributed by atoms with Crippen LogP contribution in [0.4, 0.5) is 23.0 Å². The molecule has 1 aliphatic rings. The van der Waals surface area contributed by atoms with Gasteiger partial charge in [0.1, 0.15) is 6.33 Å². The molecule has 0 aliphatic carbocycles. The predicted molar refractivity (Wildman–Crippen MR) is 113 cm³/mol. The van der Waals surface area contributed by atoms with Gasteiger partial charge in [-0.05, 0) is 44.5 Å². The average molecular weight is 400 g/mol. The Kier molecular flexibility index (Phi) is 7.31. The van der Waals surface area contributed by atoms with Gasteiger partial charge in [0.2, 0.25) is 11.6 Å². The third kappa shape index (κ3) is 5.39. The Morgan fingerprint density at radius 1 is 1.31 bits per heavy atom. The lowest BCUT2D eigenvalue weighted by atomic mass is 10.2. The molecule has 1 fully saturated rings. The maximum Gasteiger partial charge on any atom is 0.353 e. The fraction of sp³-hybridized carbons (Fsp3) is 0.500. The second-order valence-corrected chi connectivity index (χ2v) is 6.97. The van der Waals surface area contributed by atoms with Gasteiger partial charge in [0, 0.05) is 31.9 Å². The fourth-order valence-electron chi connectivity index (χ4n) is 3.45. The smallest absolute Gasteiger partial charge is 0.353 e. The van der Waals surface area contributed by atoms with Crippen LogP contribution >= 0.6 is 0 Å². The molecule has 0 saturated carbocycles. The van der Waals surface area contributed by atoms with E-state index in [2.05, 4.69) is 20.2 Å². The molecule has 9 nitrogen and oxygen atoms in total. The molecule has 0 spiro atoms. The summed E-state index contributed by atoms with van der Waals surface area (Å²) in [5.41, 5.74) is 1.86. The summed E-state index contributed by atoms with van der Waals surface area (Å²) in [5.74, 6) is 0.557. The van der Waals surface area contributed by atoms with Crippen LogP contribution in [0.25, 0.3) is 0 Å². The largest absolute Gasteiger partial charge is 0.379 e. The van der Waals surface area contributed by atoms with Gasteiger partial charge >= 0.3 is 5.69 Å². The summed E-state index contributed by atoms with van der Waals surface area (Å²) in [7, 11) is 0. The maximum absolute atomic E-state index is 11.9. The summed E-state index contributed by atoms with van der Waals surface area (Å²) >= 11 is 0. The van der Waals surface area contributed by atoms with E-state index in [1.165, 1.54) is 6.33 Å². The number of nitro groups is 1. The van der Waals surface area contributed by atoms with Crippen molar-refractivity contribution >= 4 is 23.0 Å². The van der Waals surface area contributed by atoms with E-state index in [-0.39, 0.29) is 11.5 Å². The monoisotopic (exact) mass is 400 g/mol. The molecule has 2 heterocycles. The number of rotatable bonds is 9. The van der Waals surface area contributed by atoms with Gasteiger partial charge in [0.25, 0.3) is 0 Å². The summed E-state index contributed by atoms with van der Waals surface area (Å²) in [6.45, 7) is 9.41. The number of benzene rings is 1. The molecular formula is C20H28N6O3. The van der Waals surface area contributed by atoms with Crippen LogP contribution in [0, 0.1) is 17.0 Å². The molecule has 1 saturated heterocycles. The normalized spacial score (nSPS) is 14.6. The lowest BCUT2D eigenvalue weighted by Gasteiger charge is -2.26. The van der Waals surface area contributed by atoms with Gasteiger partial charge in [-0.15, -0.1) is 0 Å². The molecule has 156 valence electrons. The van der Waals surface area contributed by atoms with Crippen molar-refractivity contribution in [2.24, 2.45) is 0 Å². The Bertz CT molecular complexity index is 826. The zero-order chi connectivity index (χ0) is 20.6. The molecule has 1 aliphatic heterocycles. The van der Waals surface area contributed by atoms with Crippen LogP contribution in [0.3, 0.4) is 0 Å². The minimum absolute atomic E-state index is 0.0952. The molecule has 1 aromatic heterocycles. The van der Waals surface area contributed by atoms with Crippen molar-refractivity contribution in [1.82, 2.24) is 14.9 Å². The summed E-state index contributed by atoms with van der Waals surface area (Å²) in [6, 6.07) is 7.85. The second kappa shape index (κ2) is 10.1. The molecular weight excluding hydrogens is 372 g/mol. The fourth-order valence-corrected chi connectivity index (χ4v) is 3.45. The Balaban J connectivity index is 1.75. The highest BCUT2D eigenvalue weighted by atomic mass is 16.6. The first kappa shape index (κ1) is 20.9. The van der Waals surface area contributed by atoms with Crippen molar-refractivity contribution in [3.63, 3.8) is 0 Å². The van der Waals surface area contributed by atoms with Crippen molar-refractivity contribution < 1.29 is 9.66 Å². The minimum Gasteiger partial charge on any atom is -0.379 e. The lowest BCUT2D eigenvalue weighted by Crippen LogP contribution is -2.37. The number of morpholine rings is 1. The van der Waals surface area contributed by atoms with Gasteiger partial charge in [-0.3, -0.25) is 15.0 Å². The molecule has 0 radical (unpaired) electrons. The van der Waals surface area contributed by atoms with Gasteiger partial charge in [-0.1, -0.05) is 12.1 Å². The van der Waals surface area contributed by atoms with E-state index < -0.39 is 4.92 Å². The molecule has 0 amide bonds.